The first kappa shape index (κ1) is 17.3. The van der Waals surface area contributed by atoms with E-state index in [1.54, 1.807) is 6.07 Å². The second kappa shape index (κ2) is 8.49. The molecule has 1 aromatic rings. The van der Waals surface area contributed by atoms with Crippen LogP contribution in [0.4, 0.5) is 5.69 Å². The smallest absolute Gasteiger partial charge is 0.350 e. The Morgan fingerprint density at radius 1 is 1.33 bits per heavy atom. The lowest BCUT2D eigenvalue weighted by molar-refractivity contribution is 0.0959. The van der Waals surface area contributed by atoms with Gasteiger partial charge in [-0.3, -0.25) is 4.79 Å². The molecule has 1 aromatic heterocycles. The van der Waals surface area contributed by atoms with Crippen molar-refractivity contribution in [1.82, 2.24) is 5.32 Å². The third kappa shape index (κ3) is 5.25. The average Bonchev–Trinajstić information content (AvgIpc) is 2.44. The summed E-state index contributed by atoms with van der Waals surface area (Å²) in [6, 6.07) is 1.78. The van der Waals surface area contributed by atoms with Crippen LogP contribution >= 0.6 is 0 Å². The molecule has 2 N–H and O–H groups in total. The van der Waals surface area contributed by atoms with Gasteiger partial charge in [-0.05, 0) is 12.3 Å². The fourth-order valence-corrected chi connectivity index (χ4v) is 2.01. The first-order valence-electron chi connectivity index (χ1n) is 7.62. The highest BCUT2D eigenvalue weighted by molar-refractivity contribution is 5.98. The molecule has 0 fully saturated rings. The van der Waals surface area contributed by atoms with Gasteiger partial charge in [-0.15, -0.1) is 0 Å². The van der Waals surface area contributed by atoms with E-state index in [0.717, 1.165) is 19.3 Å². The van der Waals surface area contributed by atoms with Gasteiger partial charge in [-0.1, -0.05) is 33.6 Å². The number of unbranched alkanes of at least 4 members (excludes halogenated alkanes) is 2. The molecular weight excluding hydrogens is 268 g/mol. The number of carbonyl (C=O) groups is 1. The molecule has 118 valence electrons. The number of nitrogens with one attached hydrogen (secondary N) is 2. The summed E-state index contributed by atoms with van der Waals surface area (Å²) in [6.45, 7) is 6.96. The number of carbonyl (C=O) groups excluding carboxylic acids is 1. The van der Waals surface area contributed by atoms with Gasteiger partial charge in [0.15, 0.2) is 0 Å². The van der Waals surface area contributed by atoms with Crippen LogP contribution in [0.2, 0.25) is 0 Å². The molecule has 5 nitrogen and oxygen atoms in total. The molecule has 0 unspecified atom stereocenters. The van der Waals surface area contributed by atoms with Crippen LogP contribution in [-0.2, 0) is 6.42 Å². The maximum atomic E-state index is 12.1. The van der Waals surface area contributed by atoms with Crippen molar-refractivity contribution >= 4 is 11.6 Å². The van der Waals surface area contributed by atoms with Crippen molar-refractivity contribution in [3.05, 3.63) is 27.8 Å². The van der Waals surface area contributed by atoms with E-state index in [-0.39, 0.29) is 5.56 Å². The molecule has 0 aromatic carbocycles. The van der Waals surface area contributed by atoms with Crippen molar-refractivity contribution in [2.45, 2.75) is 46.5 Å². The van der Waals surface area contributed by atoms with Crippen LogP contribution in [0.1, 0.15) is 56.2 Å². The Morgan fingerprint density at radius 3 is 2.62 bits per heavy atom. The molecule has 1 rings (SSSR count). The quantitative estimate of drug-likeness (QED) is 0.723. The minimum atomic E-state index is -0.574. The summed E-state index contributed by atoms with van der Waals surface area (Å²) in [4.78, 5) is 23.9. The number of hydrogen-bond acceptors (Lipinski definition) is 4. The minimum Gasteiger partial charge on any atom is -0.427 e. The molecule has 0 spiro atoms. The molecule has 21 heavy (non-hydrogen) atoms. The van der Waals surface area contributed by atoms with Gasteiger partial charge >= 0.3 is 5.63 Å². The standard InChI is InChI=1S/C16H26N2O3/c1-5-6-7-8-12-9-13(18-10-11(2)3)14(15(19)17-4)16(20)21-12/h9,11,18H,5-8,10H2,1-4H3,(H,17,19). The van der Waals surface area contributed by atoms with Crippen LogP contribution in [0.15, 0.2) is 15.3 Å². The molecule has 0 bridgehead atoms. The lowest BCUT2D eigenvalue weighted by atomic mass is 10.1. The topological polar surface area (TPSA) is 71.3 Å². The van der Waals surface area contributed by atoms with E-state index >= 15 is 0 Å². The molecule has 1 heterocycles. The Bertz CT molecular complexity index is 521. The zero-order chi connectivity index (χ0) is 15.8. The molecular formula is C16H26N2O3. The van der Waals surface area contributed by atoms with Gasteiger partial charge in [0.25, 0.3) is 5.91 Å². The summed E-state index contributed by atoms with van der Waals surface area (Å²) in [5.41, 5.74) is 0.0396. The normalized spacial score (nSPS) is 10.7. The molecule has 0 saturated carbocycles. The van der Waals surface area contributed by atoms with Gasteiger partial charge in [0.1, 0.15) is 11.3 Å². The van der Waals surface area contributed by atoms with Crippen molar-refractivity contribution in [1.29, 1.82) is 0 Å². The summed E-state index contributed by atoms with van der Waals surface area (Å²) in [6.07, 6.45) is 3.89. The van der Waals surface area contributed by atoms with Crippen LogP contribution in [0.3, 0.4) is 0 Å². The number of anilines is 1. The van der Waals surface area contributed by atoms with E-state index in [2.05, 4.69) is 31.4 Å². The van der Waals surface area contributed by atoms with Gasteiger partial charge in [0.2, 0.25) is 0 Å². The van der Waals surface area contributed by atoms with Gasteiger partial charge in [-0.25, -0.2) is 4.79 Å². The van der Waals surface area contributed by atoms with Crippen LogP contribution in [0.5, 0.6) is 0 Å². The average molecular weight is 294 g/mol. The molecule has 0 aliphatic rings. The van der Waals surface area contributed by atoms with E-state index in [0.29, 0.717) is 30.3 Å². The molecule has 0 saturated heterocycles. The van der Waals surface area contributed by atoms with Crippen LogP contribution in [0, 0.1) is 5.92 Å². The number of rotatable bonds is 8. The Morgan fingerprint density at radius 2 is 2.05 bits per heavy atom. The number of hydrogen-bond donors (Lipinski definition) is 2. The minimum absolute atomic E-state index is 0.0531. The second-order valence-corrected chi connectivity index (χ2v) is 5.60. The zero-order valence-corrected chi connectivity index (χ0v) is 13.4. The molecule has 0 atom stereocenters. The summed E-state index contributed by atoms with van der Waals surface area (Å²) in [5.74, 6) is 0.626. The summed E-state index contributed by atoms with van der Waals surface area (Å²) in [5, 5.41) is 5.66. The fourth-order valence-electron chi connectivity index (χ4n) is 2.01. The van der Waals surface area contributed by atoms with Crippen molar-refractivity contribution < 1.29 is 9.21 Å². The summed E-state index contributed by atoms with van der Waals surface area (Å²) >= 11 is 0. The largest absolute Gasteiger partial charge is 0.427 e. The Balaban J connectivity index is 3.06. The number of amides is 1. The van der Waals surface area contributed by atoms with Gasteiger partial charge in [-0.2, -0.15) is 0 Å². The molecule has 1 amide bonds. The zero-order valence-electron chi connectivity index (χ0n) is 13.4. The lowest BCUT2D eigenvalue weighted by Gasteiger charge is -2.13. The first-order chi connectivity index (χ1) is 9.99. The van der Waals surface area contributed by atoms with E-state index in [1.165, 1.54) is 7.05 Å². The third-order valence-corrected chi connectivity index (χ3v) is 3.18. The third-order valence-electron chi connectivity index (χ3n) is 3.18. The molecule has 0 aliphatic carbocycles. The summed E-state index contributed by atoms with van der Waals surface area (Å²) in [7, 11) is 1.50. The molecule has 0 aliphatic heterocycles. The van der Waals surface area contributed by atoms with E-state index in [4.69, 9.17) is 4.42 Å². The van der Waals surface area contributed by atoms with Gasteiger partial charge < -0.3 is 15.1 Å². The van der Waals surface area contributed by atoms with Crippen molar-refractivity contribution in [3.63, 3.8) is 0 Å². The summed E-state index contributed by atoms with van der Waals surface area (Å²) < 4.78 is 5.27. The Kier molecular flexibility index (Phi) is 6.99. The number of aryl methyl sites for hydroxylation is 1. The van der Waals surface area contributed by atoms with Crippen molar-refractivity contribution in [2.24, 2.45) is 5.92 Å². The van der Waals surface area contributed by atoms with E-state index in [9.17, 15) is 9.59 Å². The van der Waals surface area contributed by atoms with Gasteiger partial charge in [0, 0.05) is 26.1 Å². The monoisotopic (exact) mass is 294 g/mol. The second-order valence-electron chi connectivity index (χ2n) is 5.60. The first-order valence-corrected chi connectivity index (χ1v) is 7.62. The Hall–Kier alpha value is -1.78. The highest BCUT2D eigenvalue weighted by Gasteiger charge is 2.18. The van der Waals surface area contributed by atoms with Crippen LogP contribution < -0.4 is 16.3 Å². The van der Waals surface area contributed by atoms with Crippen LogP contribution in [-0.4, -0.2) is 19.5 Å². The maximum absolute atomic E-state index is 12.1. The predicted octanol–water partition coefficient (Wildman–Crippen LogP) is 2.80. The van der Waals surface area contributed by atoms with Crippen molar-refractivity contribution in [2.75, 3.05) is 18.9 Å². The Labute approximate surface area is 126 Å². The molecule has 5 heteroatoms. The highest BCUT2D eigenvalue weighted by Crippen LogP contribution is 2.17. The molecule has 0 radical (unpaired) electrons. The highest BCUT2D eigenvalue weighted by atomic mass is 16.4. The van der Waals surface area contributed by atoms with Crippen LogP contribution in [0.25, 0.3) is 0 Å². The SMILES string of the molecule is CCCCCc1cc(NCC(C)C)c(C(=O)NC)c(=O)o1. The van der Waals surface area contributed by atoms with E-state index < -0.39 is 11.5 Å². The fraction of sp³-hybridized carbons (Fsp3) is 0.625. The predicted molar refractivity (Wildman–Crippen MR) is 84.9 cm³/mol. The maximum Gasteiger partial charge on any atom is 0.350 e. The van der Waals surface area contributed by atoms with Crippen molar-refractivity contribution in [3.8, 4) is 0 Å². The van der Waals surface area contributed by atoms with E-state index in [1.807, 2.05) is 0 Å². The lowest BCUT2D eigenvalue weighted by Crippen LogP contribution is -2.27. The van der Waals surface area contributed by atoms with Gasteiger partial charge in [0.05, 0.1) is 5.69 Å².